The van der Waals surface area contributed by atoms with E-state index in [1.54, 1.807) is 32.9 Å². The number of hydroxylamine groups is 1. The third kappa shape index (κ3) is 5.91. The molecule has 0 spiro atoms. The molecule has 0 radical (unpaired) electrons. The summed E-state index contributed by atoms with van der Waals surface area (Å²) in [5, 5.41) is 11.1. The summed E-state index contributed by atoms with van der Waals surface area (Å²) in [6, 6.07) is 2.96. The summed E-state index contributed by atoms with van der Waals surface area (Å²) < 4.78 is 5.09. The Labute approximate surface area is 145 Å². The van der Waals surface area contributed by atoms with Gasteiger partial charge >= 0.3 is 5.97 Å². The van der Waals surface area contributed by atoms with Gasteiger partial charge in [-0.3, -0.25) is 19.6 Å². The molecule has 25 heavy (non-hydrogen) atoms. The van der Waals surface area contributed by atoms with Gasteiger partial charge in [0, 0.05) is 11.1 Å². The van der Waals surface area contributed by atoms with E-state index in [1.807, 2.05) is 0 Å². The van der Waals surface area contributed by atoms with Crippen molar-refractivity contribution >= 4 is 17.8 Å². The van der Waals surface area contributed by atoms with E-state index in [2.05, 4.69) is 11.2 Å². The second kappa shape index (κ2) is 8.28. The topological polar surface area (TPSA) is 131 Å². The Bertz CT molecular complexity index is 686. The first kappa shape index (κ1) is 20.2. The lowest BCUT2D eigenvalue weighted by Crippen LogP contribution is -2.59. The number of hydrogen-bond donors (Lipinski definition) is 4. The van der Waals surface area contributed by atoms with Crippen LogP contribution < -0.4 is 16.5 Å². The SMILES string of the molecule is C#Cc1ccc(C(=O)N[C@H](C(=O)NO)C(N)C(=O)OC(C)(C)C)cc1. The van der Waals surface area contributed by atoms with Gasteiger partial charge in [-0.15, -0.1) is 6.42 Å². The van der Waals surface area contributed by atoms with Crippen molar-refractivity contribution in [3.63, 3.8) is 0 Å². The van der Waals surface area contributed by atoms with Gasteiger partial charge in [0.15, 0.2) is 0 Å². The van der Waals surface area contributed by atoms with Crippen LogP contribution in [0, 0.1) is 12.3 Å². The maximum absolute atomic E-state index is 12.3. The Morgan fingerprint density at radius 3 is 2.24 bits per heavy atom. The van der Waals surface area contributed by atoms with E-state index in [0.29, 0.717) is 5.56 Å². The first-order valence-electron chi connectivity index (χ1n) is 7.39. The fraction of sp³-hybridized carbons (Fsp3) is 0.353. The van der Waals surface area contributed by atoms with Crippen LogP contribution in [0.4, 0.5) is 0 Å². The van der Waals surface area contributed by atoms with Crippen LogP contribution in [0.15, 0.2) is 24.3 Å². The number of nitrogens with one attached hydrogen (secondary N) is 2. The minimum absolute atomic E-state index is 0.200. The third-order valence-electron chi connectivity index (χ3n) is 3.03. The Balaban J connectivity index is 2.95. The zero-order valence-electron chi connectivity index (χ0n) is 14.2. The van der Waals surface area contributed by atoms with Gasteiger partial charge in [0.05, 0.1) is 0 Å². The van der Waals surface area contributed by atoms with Gasteiger partial charge in [-0.1, -0.05) is 5.92 Å². The van der Waals surface area contributed by atoms with Crippen LogP contribution in [0.5, 0.6) is 0 Å². The molecule has 0 heterocycles. The average Bonchev–Trinajstić information content (AvgIpc) is 2.56. The van der Waals surface area contributed by atoms with Crippen molar-refractivity contribution in [1.29, 1.82) is 0 Å². The molecule has 1 unspecified atom stereocenters. The van der Waals surface area contributed by atoms with Crippen molar-refractivity contribution in [2.45, 2.75) is 38.5 Å². The van der Waals surface area contributed by atoms with Gasteiger partial charge in [-0.05, 0) is 45.0 Å². The minimum atomic E-state index is -1.53. The fourth-order valence-electron chi connectivity index (χ4n) is 1.84. The summed E-state index contributed by atoms with van der Waals surface area (Å²) in [5.74, 6) is -0.212. The van der Waals surface area contributed by atoms with Gasteiger partial charge in [0.1, 0.15) is 17.7 Å². The molecular formula is C17H21N3O5. The first-order valence-corrected chi connectivity index (χ1v) is 7.39. The lowest BCUT2D eigenvalue weighted by Gasteiger charge is -2.26. The van der Waals surface area contributed by atoms with Crippen molar-refractivity contribution in [2.75, 3.05) is 0 Å². The maximum Gasteiger partial charge on any atom is 0.326 e. The van der Waals surface area contributed by atoms with Gasteiger partial charge in [0.2, 0.25) is 0 Å². The van der Waals surface area contributed by atoms with Crippen molar-refractivity contribution in [3.05, 3.63) is 35.4 Å². The molecular weight excluding hydrogens is 326 g/mol. The van der Waals surface area contributed by atoms with Crippen LogP contribution in [0.3, 0.4) is 0 Å². The molecule has 0 aliphatic carbocycles. The summed E-state index contributed by atoms with van der Waals surface area (Å²) in [5.41, 5.74) is 7.05. The number of nitrogens with two attached hydrogens (primary N) is 1. The quantitative estimate of drug-likeness (QED) is 0.255. The van der Waals surface area contributed by atoms with E-state index in [1.165, 1.54) is 17.6 Å². The van der Waals surface area contributed by atoms with E-state index >= 15 is 0 Å². The normalized spacial score (nSPS) is 13.1. The lowest BCUT2D eigenvalue weighted by atomic mass is 10.1. The van der Waals surface area contributed by atoms with Gasteiger partial charge in [0.25, 0.3) is 11.8 Å². The summed E-state index contributed by atoms with van der Waals surface area (Å²) >= 11 is 0. The highest BCUT2D eigenvalue weighted by Crippen LogP contribution is 2.10. The Kier molecular flexibility index (Phi) is 6.68. The lowest BCUT2D eigenvalue weighted by molar-refractivity contribution is -0.158. The average molecular weight is 347 g/mol. The van der Waals surface area contributed by atoms with Gasteiger partial charge in [-0.2, -0.15) is 0 Å². The monoisotopic (exact) mass is 347 g/mol. The van der Waals surface area contributed by atoms with E-state index in [-0.39, 0.29) is 5.56 Å². The number of benzene rings is 1. The highest BCUT2D eigenvalue weighted by Gasteiger charge is 2.35. The molecule has 0 aliphatic rings. The van der Waals surface area contributed by atoms with E-state index < -0.39 is 35.5 Å². The number of terminal acetylenes is 1. The van der Waals surface area contributed by atoms with Crippen molar-refractivity contribution in [3.8, 4) is 12.3 Å². The number of amides is 2. The zero-order chi connectivity index (χ0) is 19.2. The van der Waals surface area contributed by atoms with Crippen molar-refractivity contribution in [2.24, 2.45) is 5.73 Å². The van der Waals surface area contributed by atoms with Crippen molar-refractivity contribution < 1.29 is 24.3 Å². The molecule has 1 aromatic rings. The first-order chi connectivity index (χ1) is 11.6. The highest BCUT2D eigenvalue weighted by molar-refractivity contribution is 5.99. The number of esters is 1. The van der Waals surface area contributed by atoms with Crippen LogP contribution in [-0.2, 0) is 14.3 Å². The van der Waals surface area contributed by atoms with Crippen LogP contribution in [0.1, 0.15) is 36.7 Å². The standard InChI is InChI=1S/C17H21N3O5/c1-5-10-6-8-11(9-7-10)14(21)19-13(15(22)20-24)12(18)16(23)25-17(2,3)4/h1,6-9,12-13,24H,18H2,2-4H3,(H,19,21)(H,20,22)/t12?,13-/m0/s1. The molecule has 0 aliphatic heterocycles. The highest BCUT2D eigenvalue weighted by atomic mass is 16.6. The minimum Gasteiger partial charge on any atom is -0.459 e. The van der Waals surface area contributed by atoms with Crippen molar-refractivity contribution in [1.82, 2.24) is 10.8 Å². The maximum atomic E-state index is 12.3. The smallest absolute Gasteiger partial charge is 0.326 e. The number of hydrogen-bond acceptors (Lipinski definition) is 6. The summed E-state index contributed by atoms with van der Waals surface area (Å²) in [4.78, 5) is 36.1. The Hall–Kier alpha value is -2.89. The predicted molar refractivity (Wildman–Crippen MR) is 89.4 cm³/mol. The molecule has 0 saturated heterocycles. The molecule has 8 heteroatoms. The number of rotatable bonds is 5. The van der Waals surface area contributed by atoms with E-state index in [0.717, 1.165) is 0 Å². The number of carbonyl (C=O) groups is 3. The zero-order valence-corrected chi connectivity index (χ0v) is 14.2. The van der Waals surface area contributed by atoms with Gasteiger partial charge < -0.3 is 15.8 Å². The Morgan fingerprint density at radius 1 is 1.24 bits per heavy atom. The molecule has 0 aromatic heterocycles. The molecule has 5 N–H and O–H groups in total. The molecule has 2 atom stereocenters. The second-order valence-corrected chi connectivity index (χ2v) is 6.21. The number of carbonyl (C=O) groups excluding carboxylic acids is 3. The fourth-order valence-corrected chi connectivity index (χ4v) is 1.84. The Morgan fingerprint density at radius 2 is 1.80 bits per heavy atom. The van der Waals surface area contributed by atoms with E-state index in [4.69, 9.17) is 22.1 Å². The molecule has 134 valence electrons. The molecule has 0 bridgehead atoms. The summed E-state index contributed by atoms with van der Waals surface area (Å²) in [7, 11) is 0. The van der Waals surface area contributed by atoms with Crippen LogP contribution in [0.25, 0.3) is 0 Å². The molecule has 0 saturated carbocycles. The largest absolute Gasteiger partial charge is 0.459 e. The molecule has 8 nitrogen and oxygen atoms in total. The van der Waals surface area contributed by atoms with Crippen LogP contribution in [0.2, 0.25) is 0 Å². The number of ether oxygens (including phenoxy) is 1. The van der Waals surface area contributed by atoms with Gasteiger partial charge in [-0.25, -0.2) is 5.48 Å². The van der Waals surface area contributed by atoms with Crippen LogP contribution >= 0.6 is 0 Å². The molecule has 0 fully saturated rings. The predicted octanol–water partition coefficient (Wildman–Crippen LogP) is -0.0593. The molecule has 1 rings (SSSR count). The summed E-state index contributed by atoms with van der Waals surface area (Å²) in [6.45, 7) is 4.89. The second-order valence-electron chi connectivity index (χ2n) is 6.21. The third-order valence-corrected chi connectivity index (χ3v) is 3.03. The molecule has 1 aromatic carbocycles. The summed E-state index contributed by atoms with van der Waals surface area (Å²) in [6.07, 6.45) is 5.24. The van der Waals surface area contributed by atoms with E-state index in [9.17, 15) is 14.4 Å². The van der Waals surface area contributed by atoms with Crippen LogP contribution in [-0.4, -0.2) is 40.7 Å². The molecule has 2 amide bonds.